The SMILES string of the molecule is CCn1nccc1C(=O)N[C@H](c1cn2nc(CC3C[C@@H](C(F)(F)F)CNC3=O)c(N(C)C3CC3)cc2n1)C1CCC(F)(F)CC1. The largest absolute Gasteiger partial charge is 0.393 e. The number of alkyl halides is 5. The number of carbonyl (C=O) groups is 2. The highest BCUT2D eigenvalue weighted by molar-refractivity contribution is 5.92. The molecule has 3 aromatic heterocycles. The average molecular weight is 637 g/mol. The highest BCUT2D eigenvalue weighted by atomic mass is 19.4. The highest BCUT2D eigenvalue weighted by Gasteiger charge is 2.45. The molecule has 2 saturated carbocycles. The van der Waals surface area contributed by atoms with E-state index in [1.165, 1.54) is 10.7 Å². The second-order valence-electron chi connectivity index (χ2n) is 12.6. The zero-order valence-corrected chi connectivity index (χ0v) is 25.2. The first-order valence-corrected chi connectivity index (χ1v) is 15.5. The van der Waals surface area contributed by atoms with Gasteiger partial charge in [0.2, 0.25) is 11.8 Å². The van der Waals surface area contributed by atoms with E-state index in [0.29, 0.717) is 35.0 Å². The molecule has 0 spiro atoms. The molecule has 45 heavy (non-hydrogen) atoms. The van der Waals surface area contributed by atoms with Gasteiger partial charge in [0.05, 0.1) is 35.2 Å². The minimum Gasteiger partial charge on any atom is -0.370 e. The molecule has 2 aliphatic carbocycles. The van der Waals surface area contributed by atoms with Crippen LogP contribution in [0.15, 0.2) is 24.5 Å². The standard InChI is InChI=1S/C30H37F5N8O2/c1-3-42-23(8-11-37-42)28(45)39-26(17-6-9-29(31,32)10-7-17)22-16-43-25(38-22)14-24(41(2)20-4-5-20)21(40-43)13-18-12-19(30(33,34)35)15-36-27(18)44/h8,11,14,16-20,26H,3-7,9-10,12-13,15H2,1-2H3,(H,36,44)(H,39,45)/t18?,19-,26+/m1/s1. The van der Waals surface area contributed by atoms with Crippen molar-refractivity contribution < 1.29 is 31.5 Å². The molecule has 1 saturated heterocycles. The maximum absolute atomic E-state index is 14.1. The van der Waals surface area contributed by atoms with Gasteiger partial charge in [0.1, 0.15) is 5.69 Å². The van der Waals surface area contributed by atoms with Crippen molar-refractivity contribution in [1.29, 1.82) is 0 Å². The molecule has 1 unspecified atom stereocenters. The van der Waals surface area contributed by atoms with E-state index in [4.69, 9.17) is 10.1 Å². The third kappa shape index (κ3) is 6.62. The quantitative estimate of drug-likeness (QED) is 0.330. The van der Waals surface area contributed by atoms with Gasteiger partial charge in [-0.3, -0.25) is 14.3 Å². The number of nitrogens with one attached hydrogen (secondary N) is 2. The zero-order chi connectivity index (χ0) is 32.1. The van der Waals surface area contributed by atoms with E-state index in [-0.39, 0.29) is 50.5 Å². The summed E-state index contributed by atoms with van der Waals surface area (Å²) in [6.07, 6.45) is 0.0868. The molecular weight excluding hydrogens is 599 g/mol. The Morgan fingerprint density at radius 3 is 2.62 bits per heavy atom. The van der Waals surface area contributed by atoms with Gasteiger partial charge in [-0.25, -0.2) is 18.3 Å². The van der Waals surface area contributed by atoms with Crippen molar-refractivity contribution in [1.82, 2.24) is 35.0 Å². The maximum Gasteiger partial charge on any atom is 0.393 e. The van der Waals surface area contributed by atoms with Crippen LogP contribution in [0, 0.1) is 17.8 Å². The van der Waals surface area contributed by atoms with E-state index >= 15 is 0 Å². The molecule has 0 bridgehead atoms. The molecule has 10 nitrogen and oxygen atoms in total. The zero-order valence-electron chi connectivity index (χ0n) is 25.2. The van der Waals surface area contributed by atoms with Crippen molar-refractivity contribution in [3.05, 3.63) is 41.6 Å². The van der Waals surface area contributed by atoms with E-state index in [1.807, 2.05) is 18.9 Å². The number of imidazole rings is 1. The van der Waals surface area contributed by atoms with Crippen molar-refractivity contribution >= 4 is 23.1 Å². The Hall–Kier alpha value is -3.78. The molecule has 2 amide bonds. The number of aryl methyl sites for hydroxylation is 1. The maximum atomic E-state index is 14.1. The van der Waals surface area contributed by atoms with Gasteiger partial charge in [0.25, 0.3) is 5.91 Å². The number of piperidine rings is 1. The summed E-state index contributed by atoms with van der Waals surface area (Å²) in [5.41, 5.74) is 2.36. The van der Waals surface area contributed by atoms with Crippen LogP contribution in [0.1, 0.15) is 79.8 Å². The van der Waals surface area contributed by atoms with Crippen LogP contribution in [0.4, 0.5) is 27.6 Å². The lowest BCUT2D eigenvalue weighted by Crippen LogP contribution is -2.47. The molecular formula is C30H37F5N8O2. The molecule has 3 fully saturated rings. The Bertz CT molecular complexity index is 1560. The number of anilines is 1. The molecule has 6 rings (SSSR count). The molecule has 244 valence electrons. The first-order chi connectivity index (χ1) is 21.3. The number of amides is 2. The lowest BCUT2D eigenvalue weighted by molar-refractivity contribution is -0.183. The molecule has 4 heterocycles. The third-order valence-corrected chi connectivity index (χ3v) is 9.45. The van der Waals surface area contributed by atoms with E-state index in [0.717, 1.165) is 12.8 Å². The third-order valence-electron chi connectivity index (χ3n) is 9.45. The Balaban J connectivity index is 1.35. The normalized spacial score (nSPS) is 23.1. The van der Waals surface area contributed by atoms with Gasteiger partial charge in [0.15, 0.2) is 5.65 Å². The fourth-order valence-corrected chi connectivity index (χ4v) is 6.61. The summed E-state index contributed by atoms with van der Waals surface area (Å²) in [6, 6.07) is 2.93. The monoisotopic (exact) mass is 636 g/mol. The second kappa shape index (κ2) is 11.9. The Kier molecular flexibility index (Phi) is 8.23. The molecule has 15 heteroatoms. The van der Waals surface area contributed by atoms with Crippen LogP contribution < -0.4 is 15.5 Å². The Labute approximate surface area is 256 Å². The Morgan fingerprint density at radius 1 is 1.22 bits per heavy atom. The van der Waals surface area contributed by atoms with Gasteiger partial charge in [0, 0.05) is 63.6 Å². The molecule has 2 N–H and O–H groups in total. The average Bonchev–Trinajstić information content (AvgIpc) is 3.58. The fourth-order valence-electron chi connectivity index (χ4n) is 6.61. The number of nitrogens with zero attached hydrogens (tertiary/aromatic N) is 6. The number of hydrogen-bond donors (Lipinski definition) is 2. The van der Waals surface area contributed by atoms with Crippen molar-refractivity contribution in [2.24, 2.45) is 17.8 Å². The van der Waals surface area contributed by atoms with Crippen LogP contribution in [-0.4, -0.2) is 67.9 Å². The molecule has 1 aliphatic heterocycles. The summed E-state index contributed by atoms with van der Waals surface area (Å²) in [6.45, 7) is 1.88. The number of aromatic nitrogens is 5. The lowest BCUT2D eigenvalue weighted by atomic mass is 9.81. The number of carbonyl (C=O) groups excluding carboxylic acids is 2. The van der Waals surface area contributed by atoms with Crippen molar-refractivity contribution in [3.63, 3.8) is 0 Å². The summed E-state index contributed by atoms with van der Waals surface area (Å²) in [7, 11) is 1.89. The molecule has 3 aromatic rings. The smallest absolute Gasteiger partial charge is 0.370 e. The topological polar surface area (TPSA) is 109 Å². The van der Waals surface area contributed by atoms with E-state index in [2.05, 4.69) is 15.7 Å². The molecule has 3 aliphatic rings. The summed E-state index contributed by atoms with van der Waals surface area (Å²) >= 11 is 0. The van der Waals surface area contributed by atoms with Gasteiger partial charge in [-0.15, -0.1) is 0 Å². The molecule has 3 atom stereocenters. The summed E-state index contributed by atoms with van der Waals surface area (Å²) in [5.74, 6) is -6.46. The summed E-state index contributed by atoms with van der Waals surface area (Å²) in [5, 5.41) is 14.3. The van der Waals surface area contributed by atoms with Gasteiger partial charge < -0.3 is 15.5 Å². The fraction of sp³-hybridized carbons (Fsp3) is 0.633. The van der Waals surface area contributed by atoms with Crippen LogP contribution in [0.5, 0.6) is 0 Å². The predicted molar refractivity (Wildman–Crippen MR) is 154 cm³/mol. The predicted octanol–water partition coefficient (Wildman–Crippen LogP) is 4.70. The van der Waals surface area contributed by atoms with E-state index < -0.39 is 48.3 Å². The second-order valence-corrected chi connectivity index (χ2v) is 12.6. The number of rotatable bonds is 9. The molecule has 0 radical (unpaired) electrons. The van der Waals surface area contributed by atoms with Crippen molar-refractivity contribution in [3.8, 4) is 0 Å². The van der Waals surface area contributed by atoms with Crippen LogP contribution in [-0.2, 0) is 17.8 Å². The van der Waals surface area contributed by atoms with Gasteiger partial charge in [-0.05, 0) is 51.0 Å². The minimum atomic E-state index is -4.42. The summed E-state index contributed by atoms with van der Waals surface area (Å²) < 4.78 is 71.9. The van der Waals surface area contributed by atoms with E-state index in [9.17, 15) is 31.5 Å². The number of fused-ring (bicyclic) bond motifs is 1. The first kappa shape index (κ1) is 31.2. The lowest BCUT2D eigenvalue weighted by Gasteiger charge is -2.33. The van der Waals surface area contributed by atoms with Crippen LogP contribution in [0.25, 0.3) is 5.65 Å². The first-order valence-electron chi connectivity index (χ1n) is 15.5. The highest BCUT2D eigenvalue weighted by Crippen LogP contribution is 2.42. The van der Waals surface area contributed by atoms with Gasteiger partial charge in [-0.2, -0.15) is 23.4 Å². The van der Waals surface area contributed by atoms with Crippen LogP contribution in [0.3, 0.4) is 0 Å². The van der Waals surface area contributed by atoms with Crippen molar-refractivity contribution in [2.45, 2.75) is 89.0 Å². The molecule has 0 aromatic carbocycles. The Morgan fingerprint density at radius 2 is 1.96 bits per heavy atom. The minimum absolute atomic E-state index is 0.00708. The number of halogens is 5. The number of hydrogen-bond acceptors (Lipinski definition) is 6. The van der Waals surface area contributed by atoms with Gasteiger partial charge >= 0.3 is 6.18 Å². The van der Waals surface area contributed by atoms with E-state index in [1.54, 1.807) is 23.0 Å². The van der Waals surface area contributed by atoms with Crippen LogP contribution >= 0.6 is 0 Å². The van der Waals surface area contributed by atoms with Gasteiger partial charge in [-0.1, -0.05) is 0 Å². The van der Waals surface area contributed by atoms with Crippen LogP contribution in [0.2, 0.25) is 0 Å². The summed E-state index contributed by atoms with van der Waals surface area (Å²) in [4.78, 5) is 32.9. The van der Waals surface area contributed by atoms with Crippen molar-refractivity contribution in [2.75, 3.05) is 18.5 Å².